The van der Waals surface area contributed by atoms with Crippen LogP contribution in [0.2, 0.25) is 0 Å². The molecule has 0 atom stereocenters. The van der Waals surface area contributed by atoms with Crippen LogP contribution in [0, 0.1) is 0 Å². The summed E-state index contributed by atoms with van der Waals surface area (Å²) in [6.45, 7) is 7.67. The van der Waals surface area contributed by atoms with Gasteiger partial charge in [0.1, 0.15) is 5.73 Å². The van der Waals surface area contributed by atoms with Gasteiger partial charge in [-0.15, -0.1) is 0 Å². The van der Waals surface area contributed by atoms with Crippen LogP contribution < -0.4 is 5.73 Å². The molecule has 0 unspecified atom stereocenters. The quantitative estimate of drug-likeness (QED) is 0.816. The summed E-state index contributed by atoms with van der Waals surface area (Å²) in [5.74, 6) is 0. The molecule has 0 bridgehead atoms. The van der Waals surface area contributed by atoms with Gasteiger partial charge in [0.05, 0.1) is 11.2 Å². The van der Waals surface area contributed by atoms with Crippen LogP contribution >= 0.6 is 0 Å². The van der Waals surface area contributed by atoms with Crippen molar-refractivity contribution in [2.24, 2.45) is 5.73 Å². The smallest absolute Gasteiger partial charge is 0.398 e. The molecule has 1 aliphatic heterocycles. The standard InChI is InChI=1S/C21H25BFNO2/c1-20(2)21(3,4)26-22(25-20)19(23)18(14-24)17-12-10-16(11-13-17)15-8-6-5-7-9-15/h5-13H,14,24H2,1-4H3. The molecule has 0 amide bonds. The first-order chi connectivity index (χ1) is 12.2. The highest BCUT2D eigenvalue weighted by molar-refractivity contribution is 6.55. The molecule has 0 saturated carbocycles. The zero-order valence-corrected chi connectivity index (χ0v) is 15.8. The zero-order valence-electron chi connectivity index (χ0n) is 15.8. The molecule has 2 aromatic rings. The first-order valence-electron chi connectivity index (χ1n) is 8.85. The highest BCUT2D eigenvalue weighted by atomic mass is 19.1. The molecule has 3 rings (SSSR count). The van der Waals surface area contributed by atoms with E-state index in [4.69, 9.17) is 15.0 Å². The van der Waals surface area contributed by atoms with E-state index < -0.39 is 24.0 Å². The van der Waals surface area contributed by atoms with Gasteiger partial charge < -0.3 is 15.0 Å². The van der Waals surface area contributed by atoms with Gasteiger partial charge in [-0.1, -0.05) is 54.6 Å². The molecule has 0 spiro atoms. The van der Waals surface area contributed by atoms with Crippen molar-refractivity contribution in [1.29, 1.82) is 0 Å². The fourth-order valence-corrected chi connectivity index (χ4v) is 2.94. The van der Waals surface area contributed by atoms with Crippen LogP contribution in [0.15, 0.2) is 60.3 Å². The third-order valence-corrected chi connectivity index (χ3v) is 5.29. The average Bonchev–Trinajstić information content (AvgIpc) is 2.84. The van der Waals surface area contributed by atoms with E-state index in [9.17, 15) is 0 Å². The lowest BCUT2D eigenvalue weighted by atomic mass is 9.82. The summed E-state index contributed by atoms with van der Waals surface area (Å²) in [7, 11) is -1.03. The van der Waals surface area contributed by atoms with Gasteiger partial charge in [0, 0.05) is 12.1 Å². The molecule has 1 saturated heterocycles. The molecule has 26 heavy (non-hydrogen) atoms. The summed E-state index contributed by atoms with van der Waals surface area (Å²) < 4.78 is 26.7. The van der Waals surface area contributed by atoms with Crippen LogP contribution in [-0.4, -0.2) is 24.9 Å². The molecule has 5 heteroatoms. The Morgan fingerprint density at radius 3 is 1.88 bits per heavy atom. The highest BCUT2D eigenvalue weighted by Gasteiger charge is 2.53. The fourth-order valence-electron chi connectivity index (χ4n) is 2.94. The molecule has 2 N–H and O–H groups in total. The topological polar surface area (TPSA) is 44.5 Å². The van der Waals surface area contributed by atoms with Crippen LogP contribution in [0.1, 0.15) is 33.3 Å². The van der Waals surface area contributed by atoms with Crippen LogP contribution in [-0.2, 0) is 9.31 Å². The molecule has 1 aliphatic rings. The summed E-state index contributed by atoms with van der Waals surface area (Å²) in [5, 5.41) is 0. The Bertz CT molecular complexity index is 785. The molecule has 0 aliphatic carbocycles. The Morgan fingerprint density at radius 2 is 1.38 bits per heavy atom. The van der Waals surface area contributed by atoms with E-state index in [-0.39, 0.29) is 6.54 Å². The predicted molar refractivity (Wildman–Crippen MR) is 105 cm³/mol. The Hall–Kier alpha value is -1.95. The largest absolute Gasteiger partial charge is 0.525 e. The maximum atomic E-state index is 15.1. The fraction of sp³-hybridized carbons (Fsp3) is 0.333. The molecule has 1 heterocycles. The van der Waals surface area contributed by atoms with Gasteiger partial charge >= 0.3 is 7.12 Å². The second-order valence-electron chi connectivity index (χ2n) is 7.56. The number of hydrogen-bond donors (Lipinski definition) is 1. The predicted octanol–water partition coefficient (Wildman–Crippen LogP) is 4.62. The minimum Gasteiger partial charge on any atom is -0.398 e. The molecular formula is C21H25BFNO2. The van der Waals surface area contributed by atoms with Crippen LogP contribution in [0.5, 0.6) is 0 Å². The third kappa shape index (κ3) is 3.47. The van der Waals surface area contributed by atoms with E-state index in [1.807, 2.05) is 82.3 Å². The van der Waals surface area contributed by atoms with Gasteiger partial charge in [-0.3, -0.25) is 0 Å². The van der Waals surface area contributed by atoms with Crippen molar-refractivity contribution in [3.8, 4) is 11.1 Å². The zero-order chi connectivity index (χ0) is 18.9. The summed E-state index contributed by atoms with van der Waals surface area (Å²) in [5.41, 5.74) is 7.53. The molecule has 136 valence electrons. The summed E-state index contributed by atoms with van der Waals surface area (Å²) in [6.07, 6.45) is 0. The second-order valence-corrected chi connectivity index (χ2v) is 7.56. The number of hydrogen-bond acceptors (Lipinski definition) is 3. The Labute approximate surface area is 155 Å². The second kappa shape index (κ2) is 6.99. The van der Waals surface area contributed by atoms with Crippen molar-refractivity contribution in [2.45, 2.75) is 38.9 Å². The van der Waals surface area contributed by atoms with Gasteiger partial charge in [-0.25, -0.2) is 4.39 Å². The summed E-state index contributed by atoms with van der Waals surface area (Å²) >= 11 is 0. The number of rotatable bonds is 4. The molecule has 3 nitrogen and oxygen atoms in total. The monoisotopic (exact) mass is 353 g/mol. The van der Waals surface area contributed by atoms with Crippen LogP contribution in [0.4, 0.5) is 4.39 Å². The van der Waals surface area contributed by atoms with Gasteiger partial charge in [0.2, 0.25) is 0 Å². The Kier molecular flexibility index (Phi) is 5.06. The lowest BCUT2D eigenvalue weighted by molar-refractivity contribution is 0.00578. The van der Waals surface area contributed by atoms with Crippen molar-refractivity contribution in [2.75, 3.05) is 6.54 Å². The molecular weight excluding hydrogens is 328 g/mol. The van der Waals surface area contributed by atoms with E-state index >= 15 is 4.39 Å². The maximum absolute atomic E-state index is 15.1. The van der Waals surface area contributed by atoms with E-state index in [1.54, 1.807) is 0 Å². The average molecular weight is 353 g/mol. The van der Waals surface area contributed by atoms with Crippen molar-refractivity contribution in [3.05, 3.63) is 65.9 Å². The van der Waals surface area contributed by atoms with Crippen LogP contribution in [0.3, 0.4) is 0 Å². The van der Waals surface area contributed by atoms with E-state index in [2.05, 4.69) is 0 Å². The number of benzene rings is 2. The normalized spacial score (nSPS) is 19.4. The molecule has 1 fully saturated rings. The molecule has 0 aromatic heterocycles. The van der Waals surface area contributed by atoms with Gasteiger partial charge in [0.25, 0.3) is 0 Å². The minimum absolute atomic E-state index is 0.0700. The Balaban J connectivity index is 1.90. The van der Waals surface area contributed by atoms with Crippen molar-refractivity contribution >= 4 is 12.7 Å². The van der Waals surface area contributed by atoms with E-state index in [1.165, 1.54) is 0 Å². The maximum Gasteiger partial charge on any atom is 0.525 e. The van der Waals surface area contributed by atoms with Gasteiger partial charge in [-0.05, 0) is 44.4 Å². The lowest BCUT2D eigenvalue weighted by Gasteiger charge is -2.32. The van der Waals surface area contributed by atoms with Crippen molar-refractivity contribution in [3.63, 3.8) is 0 Å². The highest BCUT2D eigenvalue weighted by Crippen LogP contribution is 2.40. The Morgan fingerprint density at radius 1 is 0.885 bits per heavy atom. The van der Waals surface area contributed by atoms with E-state index in [0.29, 0.717) is 5.57 Å². The first-order valence-corrected chi connectivity index (χ1v) is 8.85. The third-order valence-electron chi connectivity index (χ3n) is 5.29. The van der Waals surface area contributed by atoms with Crippen LogP contribution in [0.25, 0.3) is 16.7 Å². The van der Waals surface area contributed by atoms with Crippen molar-refractivity contribution < 1.29 is 13.7 Å². The minimum atomic E-state index is -1.03. The summed E-state index contributed by atoms with van der Waals surface area (Å²) in [4.78, 5) is 0. The lowest BCUT2D eigenvalue weighted by Crippen LogP contribution is -2.41. The molecule has 0 radical (unpaired) electrons. The van der Waals surface area contributed by atoms with Crippen molar-refractivity contribution in [1.82, 2.24) is 0 Å². The van der Waals surface area contributed by atoms with Gasteiger partial charge in [0.15, 0.2) is 0 Å². The molecule has 2 aromatic carbocycles. The van der Waals surface area contributed by atoms with E-state index in [0.717, 1.165) is 16.7 Å². The summed E-state index contributed by atoms with van der Waals surface area (Å²) in [6, 6.07) is 17.8. The number of nitrogens with two attached hydrogens (primary N) is 1. The first kappa shape index (κ1) is 18.8. The number of halogens is 1. The van der Waals surface area contributed by atoms with Gasteiger partial charge in [-0.2, -0.15) is 0 Å². The SMILES string of the molecule is CC1(C)OB(C(F)=C(CN)c2ccc(-c3ccccc3)cc2)OC1(C)C.